The molecule has 6 nitrogen and oxygen atoms in total. The summed E-state index contributed by atoms with van der Waals surface area (Å²) in [6.07, 6.45) is 0. The minimum atomic E-state index is -0.171. The van der Waals surface area contributed by atoms with Gasteiger partial charge in [-0.3, -0.25) is 0 Å². The van der Waals surface area contributed by atoms with Crippen molar-refractivity contribution in [1.29, 1.82) is 0 Å². The van der Waals surface area contributed by atoms with E-state index in [1.165, 1.54) is 44.5 Å². The largest absolute Gasteiger partial charge is 0.436 e. The molecule has 2 aliphatic carbocycles. The van der Waals surface area contributed by atoms with Crippen molar-refractivity contribution in [1.82, 2.24) is 19.9 Å². The Morgan fingerprint density at radius 2 is 0.561 bits per heavy atom. The summed E-state index contributed by atoms with van der Waals surface area (Å²) in [4.78, 5) is 20.8. The van der Waals surface area contributed by atoms with Crippen LogP contribution in [0.2, 0.25) is 0 Å². The maximum atomic E-state index is 6.10. The first-order valence-corrected chi connectivity index (χ1v) is 28.1. The van der Waals surface area contributed by atoms with Gasteiger partial charge in [0.15, 0.2) is 11.2 Å². The van der Waals surface area contributed by atoms with E-state index in [4.69, 9.17) is 28.8 Å². The molecular formula is C76H52N4O2. The Hall–Kier alpha value is -10.3. The summed E-state index contributed by atoms with van der Waals surface area (Å²) < 4.78 is 12.2. The summed E-state index contributed by atoms with van der Waals surface area (Å²) in [5, 5.41) is 0. The molecule has 11 aromatic carbocycles. The lowest BCUT2D eigenvalue weighted by atomic mass is 9.80. The van der Waals surface area contributed by atoms with Gasteiger partial charge >= 0.3 is 0 Å². The summed E-state index contributed by atoms with van der Waals surface area (Å²) in [7, 11) is 0. The summed E-state index contributed by atoms with van der Waals surface area (Å²) >= 11 is 0. The quantitative estimate of drug-likeness (QED) is 0.151. The molecule has 0 saturated carbocycles. The van der Waals surface area contributed by atoms with E-state index in [-0.39, 0.29) is 10.8 Å². The van der Waals surface area contributed by atoms with Gasteiger partial charge in [-0.2, -0.15) is 0 Å². The van der Waals surface area contributed by atoms with Crippen molar-refractivity contribution >= 4 is 33.2 Å². The highest BCUT2D eigenvalue weighted by Gasteiger charge is 2.37. The maximum absolute atomic E-state index is 6.10. The van der Waals surface area contributed by atoms with Crippen LogP contribution in [0.25, 0.3) is 145 Å². The molecule has 0 radical (unpaired) electrons. The average Bonchev–Trinajstić information content (AvgIpc) is 4.32. The standard InChI is InChI=1S/C76H52N4O2/c1-75(2)61-15-7-5-13-55(61)57-39-37-53(41-63(57)75)59-43-67-68(44-60(59)54-38-40-58-56-14-6-8-16-62(56)76(3,4)64(58)42-54)78-72(50-31-23-46(24-32-50)48-27-35-52(36-28-48)74-80-66-18-10-12-20-70(66)82-74)71(77-67)49-29-21-45(22-30-49)47-25-33-51(34-26-47)73-79-65-17-9-11-19-69(65)81-73/h5-44H,1-4H3. The van der Waals surface area contributed by atoms with Crippen LogP contribution in [-0.4, -0.2) is 19.9 Å². The van der Waals surface area contributed by atoms with Crippen LogP contribution in [0.4, 0.5) is 0 Å². The fourth-order valence-electron chi connectivity index (χ4n) is 13.0. The van der Waals surface area contributed by atoms with Gasteiger partial charge in [0, 0.05) is 33.1 Å². The van der Waals surface area contributed by atoms with Crippen LogP contribution in [0.3, 0.4) is 0 Å². The molecular weight excluding hydrogens is 1000 g/mol. The first-order chi connectivity index (χ1) is 40.1. The number of benzene rings is 11. The summed E-state index contributed by atoms with van der Waals surface area (Å²) in [6, 6.07) is 86.4. The topological polar surface area (TPSA) is 77.8 Å². The molecule has 14 aromatic rings. The van der Waals surface area contributed by atoms with Crippen LogP contribution >= 0.6 is 0 Å². The Kier molecular flexibility index (Phi) is 10.5. The molecule has 0 aliphatic heterocycles. The third kappa shape index (κ3) is 7.63. The molecule has 6 heteroatoms. The molecule has 0 N–H and O–H groups in total. The number of fused-ring (bicyclic) bond motifs is 9. The maximum Gasteiger partial charge on any atom is 0.227 e. The Balaban J connectivity index is 0.835. The van der Waals surface area contributed by atoms with Crippen LogP contribution in [-0.2, 0) is 10.8 Å². The predicted octanol–water partition coefficient (Wildman–Crippen LogP) is 19.9. The van der Waals surface area contributed by atoms with E-state index in [0.29, 0.717) is 11.8 Å². The van der Waals surface area contributed by atoms with Gasteiger partial charge in [0.25, 0.3) is 0 Å². The summed E-state index contributed by atoms with van der Waals surface area (Å²) in [5.74, 6) is 1.21. The molecule has 0 atom stereocenters. The molecule has 0 spiro atoms. The van der Waals surface area contributed by atoms with Gasteiger partial charge in [-0.15, -0.1) is 0 Å². The van der Waals surface area contributed by atoms with Crippen LogP contribution in [0.1, 0.15) is 49.9 Å². The van der Waals surface area contributed by atoms with E-state index in [1.54, 1.807) is 0 Å². The molecule has 0 fully saturated rings. The number of hydrogen-bond acceptors (Lipinski definition) is 6. The number of para-hydroxylation sites is 4. The zero-order chi connectivity index (χ0) is 54.8. The van der Waals surface area contributed by atoms with Crippen molar-refractivity contribution in [2.75, 3.05) is 0 Å². The van der Waals surface area contributed by atoms with Crippen molar-refractivity contribution < 1.29 is 8.83 Å². The Morgan fingerprint density at radius 3 is 0.951 bits per heavy atom. The second-order valence-corrected chi connectivity index (χ2v) is 23.0. The van der Waals surface area contributed by atoms with Gasteiger partial charge in [-0.1, -0.05) is 198 Å². The van der Waals surface area contributed by atoms with Crippen LogP contribution < -0.4 is 0 Å². The van der Waals surface area contributed by atoms with E-state index >= 15 is 0 Å². The van der Waals surface area contributed by atoms with Gasteiger partial charge in [0.2, 0.25) is 11.8 Å². The first kappa shape index (κ1) is 47.7. The molecule has 0 amide bonds. The minimum Gasteiger partial charge on any atom is -0.436 e. The minimum absolute atomic E-state index is 0.171. The molecule has 2 aliphatic rings. The highest BCUT2D eigenvalue weighted by atomic mass is 16.4. The van der Waals surface area contributed by atoms with Gasteiger partial charge in [0.05, 0.1) is 22.4 Å². The third-order valence-corrected chi connectivity index (χ3v) is 17.4. The zero-order valence-electron chi connectivity index (χ0n) is 45.7. The molecule has 3 heterocycles. The van der Waals surface area contributed by atoms with E-state index in [2.05, 4.69) is 222 Å². The molecule has 16 rings (SSSR count). The van der Waals surface area contributed by atoms with Crippen LogP contribution in [0.15, 0.2) is 251 Å². The van der Waals surface area contributed by atoms with Crippen LogP contribution in [0, 0.1) is 0 Å². The molecule has 0 unspecified atom stereocenters. The second-order valence-electron chi connectivity index (χ2n) is 23.0. The van der Waals surface area contributed by atoms with Gasteiger partial charge in [0.1, 0.15) is 11.0 Å². The lowest BCUT2D eigenvalue weighted by Crippen LogP contribution is -2.15. The lowest BCUT2D eigenvalue weighted by Gasteiger charge is -2.23. The Morgan fingerprint density at radius 1 is 0.244 bits per heavy atom. The van der Waals surface area contributed by atoms with Gasteiger partial charge in [-0.25, -0.2) is 19.9 Å². The van der Waals surface area contributed by atoms with E-state index in [0.717, 1.165) is 111 Å². The smallest absolute Gasteiger partial charge is 0.227 e. The fraction of sp³-hybridized carbons (Fsp3) is 0.0789. The monoisotopic (exact) mass is 1050 g/mol. The molecule has 0 bridgehead atoms. The normalized spacial score (nSPS) is 13.6. The van der Waals surface area contributed by atoms with Crippen LogP contribution in [0.5, 0.6) is 0 Å². The van der Waals surface area contributed by atoms with E-state index < -0.39 is 0 Å². The number of rotatable bonds is 8. The zero-order valence-corrected chi connectivity index (χ0v) is 45.7. The summed E-state index contributed by atoms with van der Waals surface area (Å²) in [6.45, 7) is 9.41. The molecule has 82 heavy (non-hydrogen) atoms. The third-order valence-electron chi connectivity index (χ3n) is 17.4. The van der Waals surface area contributed by atoms with E-state index in [1.807, 2.05) is 48.5 Å². The number of aromatic nitrogens is 4. The SMILES string of the molecule is CC1(C)c2ccccc2-c2ccc(-c3cc4nc(-c5ccc(-c6ccc(-c7nc8ccccc8o7)cc6)cc5)c(-c5ccc(-c6ccc(-c7nc8ccccc8o7)cc6)cc5)nc4cc3-c3ccc4c(c3)C(C)(C)c3ccccc3-4)cc21. The van der Waals surface area contributed by atoms with Gasteiger partial charge in [-0.05, 0) is 162 Å². The predicted molar refractivity (Wildman–Crippen MR) is 333 cm³/mol. The second kappa shape index (κ2) is 18.1. The Bertz CT molecular complexity index is 4510. The van der Waals surface area contributed by atoms with Crippen molar-refractivity contribution in [3.63, 3.8) is 0 Å². The van der Waals surface area contributed by atoms with Crippen molar-refractivity contribution in [2.45, 2.75) is 38.5 Å². The van der Waals surface area contributed by atoms with E-state index in [9.17, 15) is 0 Å². The van der Waals surface area contributed by atoms with Crippen molar-refractivity contribution in [2.24, 2.45) is 0 Å². The first-order valence-electron chi connectivity index (χ1n) is 28.1. The highest BCUT2D eigenvalue weighted by molar-refractivity contribution is 5.98. The molecule has 0 saturated heterocycles. The number of nitrogens with zero attached hydrogens (tertiary/aromatic N) is 4. The van der Waals surface area contributed by atoms with Crippen molar-refractivity contribution in [3.05, 3.63) is 265 Å². The molecule has 388 valence electrons. The average molecular weight is 1050 g/mol. The number of hydrogen-bond donors (Lipinski definition) is 0. The fourth-order valence-corrected chi connectivity index (χ4v) is 13.0. The van der Waals surface area contributed by atoms with Crippen molar-refractivity contribution in [3.8, 4) is 112 Å². The van der Waals surface area contributed by atoms with Gasteiger partial charge < -0.3 is 8.83 Å². The molecule has 3 aromatic heterocycles. The Labute approximate surface area is 475 Å². The lowest BCUT2D eigenvalue weighted by molar-refractivity contribution is 0.619. The highest BCUT2D eigenvalue weighted by Crippen LogP contribution is 2.53. The number of oxazole rings is 2. The summed E-state index contributed by atoms with van der Waals surface area (Å²) in [5.41, 5.74) is 29.4.